The molecule has 2 atom stereocenters. The number of carbonyl (C=O) groups excluding carboxylic acids is 1. The molecule has 1 aliphatic carbocycles. The molecule has 102 valence electrons. The number of hydrogen-bond donors (Lipinski definition) is 2. The monoisotopic (exact) mass is 263 g/mol. The SMILES string of the molecule is O=C(N[C@H]1CCC[C@H]1C(=O)O)OCc1ccccc1. The number of carboxylic acids is 1. The minimum atomic E-state index is -0.856. The van der Waals surface area contributed by atoms with Gasteiger partial charge in [-0.1, -0.05) is 36.8 Å². The number of rotatable bonds is 4. The number of benzene rings is 1. The van der Waals surface area contributed by atoms with Crippen LogP contribution in [0.5, 0.6) is 0 Å². The fraction of sp³-hybridized carbons (Fsp3) is 0.429. The molecule has 1 saturated carbocycles. The summed E-state index contributed by atoms with van der Waals surface area (Å²) in [5, 5.41) is 11.7. The van der Waals surface area contributed by atoms with Gasteiger partial charge in [0, 0.05) is 6.04 Å². The van der Waals surface area contributed by atoms with Crippen molar-refractivity contribution in [1.82, 2.24) is 5.32 Å². The second-order valence-corrected chi connectivity index (χ2v) is 4.69. The third kappa shape index (κ3) is 3.71. The molecule has 1 aliphatic rings. The van der Waals surface area contributed by atoms with E-state index in [1.165, 1.54) is 0 Å². The molecule has 0 unspecified atom stereocenters. The molecule has 0 aromatic heterocycles. The molecule has 1 fully saturated rings. The van der Waals surface area contributed by atoms with Crippen LogP contribution in [0.25, 0.3) is 0 Å². The van der Waals surface area contributed by atoms with Crippen LogP contribution in [0.2, 0.25) is 0 Å². The second-order valence-electron chi connectivity index (χ2n) is 4.69. The number of aliphatic carboxylic acids is 1. The van der Waals surface area contributed by atoms with Gasteiger partial charge in [0.25, 0.3) is 0 Å². The van der Waals surface area contributed by atoms with E-state index in [0.717, 1.165) is 12.0 Å². The van der Waals surface area contributed by atoms with Crippen molar-refractivity contribution in [3.8, 4) is 0 Å². The van der Waals surface area contributed by atoms with E-state index >= 15 is 0 Å². The lowest BCUT2D eigenvalue weighted by Crippen LogP contribution is -2.40. The first-order valence-corrected chi connectivity index (χ1v) is 6.37. The van der Waals surface area contributed by atoms with Gasteiger partial charge in [0.1, 0.15) is 6.61 Å². The predicted molar refractivity (Wildman–Crippen MR) is 68.5 cm³/mol. The molecule has 1 aromatic carbocycles. The summed E-state index contributed by atoms with van der Waals surface area (Å²) in [4.78, 5) is 22.6. The first-order valence-electron chi connectivity index (χ1n) is 6.37. The Bertz CT molecular complexity index is 446. The van der Waals surface area contributed by atoms with E-state index in [1.807, 2.05) is 30.3 Å². The Morgan fingerprint density at radius 2 is 2.00 bits per heavy atom. The smallest absolute Gasteiger partial charge is 0.407 e. The van der Waals surface area contributed by atoms with Crippen LogP contribution in [0.4, 0.5) is 4.79 Å². The molecule has 2 N–H and O–H groups in total. The van der Waals surface area contributed by atoms with Crippen molar-refractivity contribution in [3.05, 3.63) is 35.9 Å². The fourth-order valence-corrected chi connectivity index (χ4v) is 2.34. The Morgan fingerprint density at radius 3 is 2.68 bits per heavy atom. The zero-order valence-electron chi connectivity index (χ0n) is 10.5. The van der Waals surface area contributed by atoms with Crippen LogP contribution in [-0.4, -0.2) is 23.2 Å². The summed E-state index contributed by atoms with van der Waals surface area (Å²) in [6.45, 7) is 0.192. The van der Waals surface area contributed by atoms with Crippen LogP contribution in [0.3, 0.4) is 0 Å². The summed E-state index contributed by atoms with van der Waals surface area (Å²) in [5.74, 6) is -1.35. The first kappa shape index (κ1) is 13.4. The topological polar surface area (TPSA) is 75.6 Å². The lowest BCUT2D eigenvalue weighted by atomic mass is 10.0. The molecule has 0 saturated heterocycles. The standard InChI is InChI=1S/C14H17NO4/c16-13(17)11-7-4-8-12(11)15-14(18)19-9-10-5-2-1-3-6-10/h1-3,5-6,11-12H,4,7-9H2,(H,15,18)(H,16,17)/t11-,12+/m1/s1. The average Bonchev–Trinajstić information content (AvgIpc) is 2.86. The third-order valence-electron chi connectivity index (χ3n) is 3.35. The minimum absolute atomic E-state index is 0.192. The van der Waals surface area contributed by atoms with Crippen LogP contribution < -0.4 is 5.32 Å². The van der Waals surface area contributed by atoms with E-state index in [9.17, 15) is 9.59 Å². The largest absolute Gasteiger partial charge is 0.481 e. The molecule has 0 aliphatic heterocycles. The maximum atomic E-state index is 11.6. The average molecular weight is 263 g/mol. The highest BCUT2D eigenvalue weighted by molar-refractivity contribution is 5.74. The lowest BCUT2D eigenvalue weighted by Gasteiger charge is -2.17. The van der Waals surface area contributed by atoms with Gasteiger partial charge in [-0.3, -0.25) is 4.79 Å². The molecular weight excluding hydrogens is 246 g/mol. The van der Waals surface area contributed by atoms with Crippen LogP contribution in [0.15, 0.2) is 30.3 Å². The minimum Gasteiger partial charge on any atom is -0.481 e. The second kappa shape index (κ2) is 6.22. The number of nitrogens with one attached hydrogen (secondary N) is 1. The Kier molecular flexibility index (Phi) is 4.39. The van der Waals surface area contributed by atoms with E-state index < -0.39 is 18.0 Å². The van der Waals surface area contributed by atoms with Gasteiger partial charge in [0.2, 0.25) is 0 Å². The van der Waals surface area contributed by atoms with Crippen molar-refractivity contribution in [2.75, 3.05) is 0 Å². The normalized spacial score (nSPS) is 21.9. The van der Waals surface area contributed by atoms with Gasteiger partial charge in [0.15, 0.2) is 0 Å². The van der Waals surface area contributed by atoms with Crippen molar-refractivity contribution >= 4 is 12.1 Å². The van der Waals surface area contributed by atoms with Gasteiger partial charge < -0.3 is 15.2 Å². The predicted octanol–water partition coefficient (Wildman–Crippen LogP) is 2.17. The summed E-state index contributed by atoms with van der Waals surface area (Å²) < 4.78 is 5.08. The van der Waals surface area contributed by atoms with E-state index in [0.29, 0.717) is 12.8 Å². The highest BCUT2D eigenvalue weighted by Crippen LogP contribution is 2.25. The number of carbonyl (C=O) groups is 2. The molecule has 19 heavy (non-hydrogen) atoms. The van der Waals surface area contributed by atoms with Crippen molar-refractivity contribution in [1.29, 1.82) is 0 Å². The summed E-state index contributed by atoms with van der Waals surface area (Å²) in [7, 11) is 0. The highest BCUT2D eigenvalue weighted by Gasteiger charge is 2.34. The van der Waals surface area contributed by atoms with E-state index in [-0.39, 0.29) is 12.6 Å². The molecule has 0 spiro atoms. The molecule has 2 rings (SSSR count). The maximum absolute atomic E-state index is 11.6. The quantitative estimate of drug-likeness (QED) is 0.872. The molecule has 5 nitrogen and oxygen atoms in total. The third-order valence-corrected chi connectivity index (χ3v) is 3.35. The van der Waals surface area contributed by atoms with Gasteiger partial charge in [-0.2, -0.15) is 0 Å². The molecule has 0 radical (unpaired) electrons. The molecule has 5 heteroatoms. The summed E-state index contributed by atoms with van der Waals surface area (Å²) in [6.07, 6.45) is 1.57. The number of amides is 1. The highest BCUT2D eigenvalue weighted by atomic mass is 16.5. The first-order chi connectivity index (χ1) is 9.16. The molecule has 0 heterocycles. The Morgan fingerprint density at radius 1 is 1.26 bits per heavy atom. The Balaban J connectivity index is 1.80. The molecule has 0 bridgehead atoms. The maximum Gasteiger partial charge on any atom is 0.407 e. The zero-order chi connectivity index (χ0) is 13.7. The van der Waals surface area contributed by atoms with E-state index in [4.69, 9.17) is 9.84 Å². The summed E-state index contributed by atoms with van der Waals surface area (Å²) >= 11 is 0. The van der Waals surface area contributed by atoms with Crippen molar-refractivity contribution in [2.45, 2.75) is 31.9 Å². The number of hydrogen-bond acceptors (Lipinski definition) is 3. The number of ether oxygens (including phenoxy) is 1. The van der Waals surface area contributed by atoms with Crippen molar-refractivity contribution < 1.29 is 19.4 Å². The Hall–Kier alpha value is -2.04. The van der Waals surface area contributed by atoms with Gasteiger partial charge in [-0.05, 0) is 18.4 Å². The lowest BCUT2D eigenvalue weighted by molar-refractivity contribution is -0.142. The van der Waals surface area contributed by atoms with Gasteiger partial charge in [-0.25, -0.2) is 4.79 Å². The molecule has 1 aromatic rings. The van der Waals surface area contributed by atoms with Crippen LogP contribution in [0, 0.1) is 5.92 Å². The summed E-state index contributed by atoms with van der Waals surface area (Å²) in [5.41, 5.74) is 0.902. The van der Waals surface area contributed by atoms with Gasteiger partial charge in [-0.15, -0.1) is 0 Å². The summed E-state index contributed by atoms with van der Waals surface area (Å²) in [6, 6.07) is 9.04. The molecular formula is C14H17NO4. The molecule has 1 amide bonds. The fourth-order valence-electron chi connectivity index (χ4n) is 2.34. The van der Waals surface area contributed by atoms with Crippen LogP contribution >= 0.6 is 0 Å². The van der Waals surface area contributed by atoms with E-state index in [1.54, 1.807) is 0 Å². The number of alkyl carbamates (subject to hydrolysis) is 1. The zero-order valence-corrected chi connectivity index (χ0v) is 10.5. The van der Waals surface area contributed by atoms with Crippen LogP contribution in [0.1, 0.15) is 24.8 Å². The number of carboxylic acid groups (broad SMARTS) is 1. The van der Waals surface area contributed by atoms with Crippen molar-refractivity contribution in [2.24, 2.45) is 5.92 Å². The van der Waals surface area contributed by atoms with E-state index in [2.05, 4.69) is 5.32 Å². The van der Waals surface area contributed by atoms with Gasteiger partial charge >= 0.3 is 12.1 Å². The van der Waals surface area contributed by atoms with Crippen molar-refractivity contribution in [3.63, 3.8) is 0 Å². The Labute approximate surface area is 111 Å². The van der Waals surface area contributed by atoms with Crippen LogP contribution in [-0.2, 0) is 16.1 Å². The van der Waals surface area contributed by atoms with Gasteiger partial charge in [0.05, 0.1) is 5.92 Å².